The largest absolute Gasteiger partial charge is 0.308 e. The number of hydrogen-bond acceptors (Lipinski definition) is 4. The van der Waals surface area contributed by atoms with Gasteiger partial charge in [0.1, 0.15) is 0 Å². The van der Waals surface area contributed by atoms with Crippen molar-refractivity contribution in [1.29, 1.82) is 5.26 Å². The quantitative estimate of drug-likeness (QED) is 0.200. The molecule has 8 rings (SSSR count). The second-order valence-corrected chi connectivity index (χ2v) is 11.3. The Morgan fingerprint density at radius 1 is 0.500 bits per heavy atom. The SMILES string of the molecule is Cc1ccccc1-c1ccc2c(c1)c1ccccc1n2-c1ccc(C#N)cc1-c1nc(-c2ccccc2)nc(-c2ccccc2)n1. The molecule has 5 heteroatoms. The molecule has 0 saturated carbocycles. The first kappa shape index (κ1) is 27.2. The fourth-order valence-electron chi connectivity index (χ4n) is 6.21. The van der Waals surface area contributed by atoms with Crippen LogP contribution in [0, 0.1) is 18.3 Å². The van der Waals surface area contributed by atoms with Crippen LogP contribution < -0.4 is 0 Å². The summed E-state index contributed by atoms with van der Waals surface area (Å²) in [4.78, 5) is 14.9. The Balaban J connectivity index is 1.41. The van der Waals surface area contributed by atoms with E-state index in [1.807, 2.05) is 78.9 Å². The Kier molecular flexibility index (Phi) is 6.67. The number of nitriles is 1. The van der Waals surface area contributed by atoms with E-state index >= 15 is 0 Å². The summed E-state index contributed by atoms with van der Waals surface area (Å²) in [6.07, 6.45) is 0. The summed E-state index contributed by atoms with van der Waals surface area (Å²) >= 11 is 0. The van der Waals surface area contributed by atoms with Crippen LogP contribution in [0.2, 0.25) is 0 Å². The molecule has 0 bridgehead atoms. The molecule has 0 aliphatic heterocycles. The Bertz CT molecular complexity index is 2380. The van der Waals surface area contributed by atoms with Crippen molar-refractivity contribution in [2.24, 2.45) is 0 Å². The van der Waals surface area contributed by atoms with Crippen LogP contribution in [0.1, 0.15) is 11.1 Å². The number of para-hydroxylation sites is 1. The number of fused-ring (bicyclic) bond motifs is 3. The van der Waals surface area contributed by atoms with Crippen LogP contribution in [0.25, 0.3) is 72.8 Å². The van der Waals surface area contributed by atoms with Gasteiger partial charge in [-0.1, -0.05) is 109 Å². The monoisotopic (exact) mass is 589 g/mol. The number of aryl methyl sites for hydroxylation is 1. The molecular formula is C41H27N5. The number of benzene rings is 6. The maximum absolute atomic E-state index is 9.99. The van der Waals surface area contributed by atoms with Crippen molar-refractivity contribution in [3.05, 3.63) is 157 Å². The van der Waals surface area contributed by atoms with Crippen LogP contribution in [0.3, 0.4) is 0 Å². The topological polar surface area (TPSA) is 67.4 Å². The van der Waals surface area contributed by atoms with Crippen LogP contribution in [0.15, 0.2) is 146 Å². The Morgan fingerprint density at radius 2 is 1.11 bits per heavy atom. The third-order valence-electron chi connectivity index (χ3n) is 8.44. The van der Waals surface area contributed by atoms with Crippen LogP contribution in [-0.4, -0.2) is 19.5 Å². The molecule has 0 saturated heterocycles. The van der Waals surface area contributed by atoms with Gasteiger partial charge < -0.3 is 4.57 Å². The van der Waals surface area contributed by atoms with Crippen LogP contribution in [-0.2, 0) is 0 Å². The minimum Gasteiger partial charge on any atom is -0.308 e. The van der Waals surface area contributed by atoms with E-state index in [2.05, 4.69) is 84.3 Å². The maximum atomic E-state index is 9.99. The van der Waals surface area contributed by atoms with Crippen molar-refractivity contribution in [2.45, 2.75) is 6.92 Å². The molecule has 0 aliphatic carbocycles. The van der Waals surface area contributed by atoms with Gasteiger partial charge in [0, 0.05) is 27.5 Å². The normalized spacial score (nSPS) is 11.1. The van der Waals surface area contributed by atoms with Gasteiger partial charge >= 0.3 is 0 Å². The number of hydrogen-bond donors (Lipinski definition) is 0. The minimum atomic E-state index is 0.502. The lowest BCUT2D eigenvalue weighted by Gasteiger charge is -2.15. The first-order chi connectivity index (χ1) is 22.7. The smallest absolute Gasteiger partial charge is 0.166 e. The lowest BCUT2D eigenvalue weighted by atomic mass is 9.99. The summed E-state index contributed by atoms with van der Waals surface area (Å²) in [7, 11) is 0. The highest BCUT2D eigenvalue weighted by Crippen LogP contribution is 2.38. The molecule has 6 aromatic carbocycles. The molecule has 0 fully saturated rings. The fourth-order valence-corrected chi connectivity index (χ4v) is 6.21. The maximum Gasteiger partial charge on any atom is 0.166 e. The van der Waals surface area contributed by atoms with Gasteiger partial charge in [-0.3, -0.25) is 0 Å². The van der Waals surface area contributed by atoms with Crippen LogP contribution in [0.4, 0.5) is 0 Å². The molecule has 46 heavy (non-hydrogen) atoms. The van der Waals surface area contributed by atoms with Crippen molar-refractivity contribution in [1.82, 2.24) is 19.5 Å². The Hall–Kier alpha value is -6.38. The average molecular weight is 590 g/mol. The predicted octanol–water partition coefficient (Wildman–Crippen LogP) is 9.82. The standard InChI is InChI=1S/C41H27N5/c1-27-12-8-9-17-32(27)31-21-23-37-34(25-31)33-18-10-11-19-36(33)46(37)38-22-20-28(26-42)24-35(38)41-44-39(29-13-4-2-5-14-29)43-40(45-41)30-15-6-3-7-16-30/h2-25H,1H3. The van der Waals surface area contributed by atoms with E-state index in [0.717, 1.165) is 44.2 Å². The van der Waals surface area contributed by atoms with E-state index in [1.54, 1.807) is 0 Å². The van der Waals surface area contributed by atoms with E-state index < -0.39 is 0 Å². The van der Waals surface area contributed by atoms with Gasteiger partial charge in [-0.05, 0) is 60.0 Å². The molecule has 2 heterocycles. The zero-order chi connectivity index (χ0) is 31.0. The fraction of sp³-hybridized carbons (Fsp3) is 0.0244. The van der Waals surface area contributed by atoms with Crippen molar-refractivity contribution in [3.63, 3.8) is 0 Å². The molecule has 216 valence electrons. The Morgan fingerprint density at radius 3 is 1.80 bits per heavy atom. The van der Waals surface area contributed by atoms with Crippen molar-refractivity contribution in [3.8, 4) is 57.0 Å². The second-order valence-electron chi connectivity index (χ2n) is 11.3. The number of rotatable bonds is 5. The third kappa shape index (κ3) is 4.70. The Labute approximate surface area is 266 Å². The summed E-state index contributed by atoms with van der Waals surface area (Å²) in [6, 6.07) is 51.5. The van der Waals surface area contributed by atoms with Gasteiger partial charge in [0.05, 0.1) is 28.4 Å². The van der Waals surface area contributed by atoms with E-state index in [9.17, 15) is 5.26 Å². The van der Waals surface area contributed by atoms with Crippen LogP contribution in [0.5, 0.6) is 0 Å². The van der Waals surface area contributed by atoms with Crippen molar-refractivity contribution in [2.75, 3.05) is 0 Å². The van der Waals surface area contributed by atoms with Crippen molar-refractivity contribution >= 4 is 21.8 Å². The lowest BCUT2D eigenvalue weighted by molar-refractivity contribution is 1.06. The number of nitrogens with zero attached hydrogens (tertiary/aromatic N) is 5. The highest BCUT2D eigenvalue weighted by atomic mass is 15.1. The molecule has 0 atom stereocenters. The highest BCUT2D eigenvalue weighted by Gasteiger charge is 2.20. The summed E-state index contributed by atoms with van der Waals surface area (Å²) < 4.78 is 2.26. The van der Waals surface area contributed by atoms with Gasteiger partial charge in [-0.15, -0.1) is 0 Å². The predicted molar refractivity (Wildman–Crippen MR) is 185 cm³/mol. The molecule has 0 unspecified atom stereocenters. The van der Waals surface area contributed by atoms with Crippen LogP contribution >= 0.6 is 0 Å². The van der Waals surface area contributed by atoms with Gasteiger partial charge in [-0.25, -0.2) is 15.0 Å². The summed E-state index contributed by atoms with van der Waals surface area (Å²) in [5.41, 5.74) is 9.69. The molecule has 0 N–H and O–H groups in total. The van der Waals surface area contributed by atoms with E-state index in [-0.39, 0.29) is 0 Å². The van der Waals surface area contributed by atoms with Gasteiger partial charge in [0.15, 0.2) is 17.5 Å². The molecule has 2 aromatic heterocycles. The first-order valence-electron chi connectivity index (χ1n) is 15.2. The zero-order valence-corrected chi connectivity index (χ0v) is 25.1. The minimum absolute atomic E-state index is 0.502. The molecule has 5 nitrogen and oxygen atoms in total. The molecular weight excluding hydrogens is 562 g/mol. The average Bonchev–Trinajstić information content (AvgIpc) is 3.45. The second kappa shape index (κ2) is 11.3. The van der Waals surface area contributed by atoms with Gasteiger partial charge in [0.25, 0.3) is 0 Å². The summed E-state index contributed by atoms with van der Waals surface area (Å²) in [5, 5.41) is 12.3. The third-order valence-corrected chi connectivity index (χ3v) is 8.44. The molecule has 0 spiro atoms. The number of aromatic nitrogens is 4. The molecule has 0 amide bonds. The molecule has 8 aromatic rings. The highest BCUT2D eigenvalue weighted by molar-refractivity contribution is 6.11. The summed E-state index contributed by atoms with van der Waals surface area (Å²) in [5.74, 6) is 1.65. The van der Waals surface area contributed by atoms with E-state index in [4.69, 9.17) is 15.0 Å². The molecule has 0 radical (unpaired) electrons. The van der Waals surface area contributed by atoms with Gasteiger partial charge in [0.2, 0.25) is 0 Å². The van der Waals surface area contributed by atoms with E-state index in [1.165, 1.54) is 16.7 Å². The first-order valence-corrected chi connectivity index (χ1v) is 15.2. The summed E-state index contributed by atoms with van der Waals surface area (Å²) in [6.45, 7) is 2.15. The van der Waals surface area contributed by atoms with Gasteiger partial charge in [-0.2, -0.15) is 5.26 Å². The van der Waals surface area contributed by atoms with Crippen molar-refractivity contribution < 1.29 is 0 Å². The van der Waals surface area contributed by atoms with E-state index in [0.29, 0.717) is 23.0 Å². The lowest BCUT2D eigenvalue weighted by Crippen LogP contribution is -2.04. The zero-order valence-electron chi connectivity index (χ0n) is 25.1. The molecule has 0 aliphatic rings.